The summed E-state index contributed by atoms with van der Waals surface area (Å²) in [5.41, 5.74) is -0.620. The molecular formula is C16H30O7Si. The van der Waals surface area contributed by atoms with Crippen LogP contribution in [0.3, 0.4) is 0 Å². The minimum atomic E-state index is -3.20. The quantitative estimate of drug-likeness (QED) is 0.638. The molecule has 0 bridgehead atoms. The van der Waals surface area contributed by atoms with Crippen molar-refractivity contribution in [1.29, 1.82) is 0 Å². The van der Waals surface area contributed by atoms with Crippen LogP contribution in [0.2, 0.25) is 0 Å². The van der Waals surface area contributed by atoms with E-state index in [9.17, 15) is 0 Å². The predicted molar refractivity (Wildman–Crippen MR) is 87.5 cm³/mol. The first-order valence-electron chi connectivity index (χ1n) is 8.75. The summed E-state index contributed by atoms with van der Waals surface area (Å²) in [4.78, 5) is 0. The summed E-state index contributed by atoms with van der Waals surface area (Å²) in [7, 11) is 3.34. The molecule has 3 aliphatic heterocycles. The van der Waals surface area contributed by atoms with Crippen LogP contribution in [0.1, 0.15) is 38.5 Å². The molecule has 140 valence electrons. The van der Waals surface area contributed by atoms with Crippen molar-refractivity contribution in [2.45, 2.75) is 61.7 Å². The van der Waals surface area contributed by atoms with Crippen molar-refractivity contribution in [3.05, 3.63) is 0 Å². The summed E-state index contributed by atoms with van der Waals surface area (Å²) in [6.45, 7) is 1.44. The maximum atomic E-state index is 6.50. The Balaban J connectivity index is 2.09. The maximum Gasteiger partial charge on any atom is 0.537 e. The Morgan fingerprint density at radius 2 is 1.67 bits per heavy atom. The Labute approximate surface area is 145 Å². The van der Waals surface area contributed by atoms with Crippen LogP contribution >= 0.6 is 0 Å². The standard InChI is InChI=1S/C16H30O7Si/c1-17-14-8-10-16(23-14,24(18-2,19-3)20-4)15(9-6-12-22-15)13-7-5-11-21-13/h13-14H,5-12H2,1-4H3. The minimum absolute atomic E-state index is 0.0390. The molecule has 0 amide bonds. The lowest BCUT2D eigenvalue weighted by Gasteiger charge is -2.52. The monoisotopic (exact) mass is 362 g/mol. The third-order valence-electron chi connectivity index (χ3n) is 5.81. The highest BCUT2D eigenvalue weighted by atomic mass is 28.4. The lowest BCUT2D eigenvalue weighted by Crippen LogP contribution is -2.76. The SMILES string of the molecule is COC1CCC(C2(C3CCCO3)CCCO2)([Si](OC)(OC)OC)O1. The molecule has 0 aromatic carbocycles. The van der Waals surface area contributed by atoms with Gasteiger partial charge >= 0.3 is 8.80 Å². The predicted octanol–water partition coefficient (Wildman–Crippen LogP) is 1.65. The molecule has 0 aromatic rings. The van der Waals surface area contributed by atoms with Gasteiger partial charge in [0.1, 0.15) is 5.60 Å². The van der Waals surface area contributed by atoms with Gasteiger partial charge in [-0.3, -0.25) is 0 Å². The Morgan fingerprint density at radius 3 is 2.12 bits per heavy atom. The van der Waals surface area contributed by atoms with Gasteiger partial charge in [-0.25, -0.2) is 0 Å². The van der Waals surface area contributed by atoms with Gasteiger partial charge in [0, 0.05) is 48.1 Å². The molecule has 0 aliphatic carbocycles. The van der Waals surface area contributed by atoms with E-state index in [1.165, 1.54) is 0 Å². The van der Waals surface area contributed by atoms with E-state index >= 15 is 0 Å². The molecule has 7 nitrogen and oxygen atoms in total. The average Bonchev–Trinajstić information content (AvgIpc) is 3.36. The molecule has 0 aromatic heterocycles. The minimum Gasteiger partial charge on any atom is -0.375 e. The second kappa shape index (κ2) is 7.28. The van der Waals surface area contributed by atoms with Crippen LogP contribution in [-0.2, 0) is 32.2 Å². The number of methoxy groups -OCH3 is 1. The summed E-state index contributed by atoms with van der Waals surface area (Å²) in [5.74, 6) is 0. The van der Waals surface area contributed by atoms with Crippen molar-refractivity contribution in [1.82, 2.24) is 0 Å². The normalized spacial score (nSPS) is 40.5. The number of rotatable bonds is 7. The Hall–Kier alpha value is -0.0631. The molecule has 0 radical (unpaired) electrons. The Bertz CT molecular complexity index is 410. The van der Waals surface area contributed by atoms with Crippen molar-refractivity contribution in [3.63, 3.8) is 0 Å². The van der Waals surface area contributed by atoms with Crippen LogP contribution in [-0.4, -0.2) is 73.7 Å². The van der Waals surface area contributed by atoms with Crippen LogP contribution in [0.5, 0.6) is 0 Å². The molecule has 3 rings (SSSR count). The molecule has 24 heavy (non-hydrogen) atoms. The zero-order valence-corrected chi connectivity index (χ0v) is 16.2. The molecule has 3 fully saturated rings. The maximum absolute atomic E-state index is 6.50. The van der Waals surface area contributed by atoms with E-state index < -0.39 is 19.6 Å². The van der Waals surface area contributed by atoms with Crippen molar-refractivity contribution < 1.29 is 32.2 Å². The summed E-state index contributed by atoms with van der Waals surface area (Å²) < 4.78 is 42.2. The van der Waals surface area contributed by atoms with E-state index in [0.29, 0.717) is 13.0 Å². The molecular weight excluding hydrogens is 332 g/mol. The zero-order chi connectivity index (χ0) is 17.3. The second-order valence-corrected chi connectivity index (χ2v) is 9.81. The first-order valence-corrected chi connectivity index (χ1v) is 10.5. The zero-order valence-electron chi connectivity index (χ0n) is 15.2. The van der Waals surface area contributed by atoms with E-state index in [1.54, 1.807) is 28.4 Å². The van der Waals surface area contributed by atoms with E-state index in [1.807, 2.05) is 0 Å². The van der Waals surface area contributed by atoms with E-state index in [-0.39, 0.29) is 12.4 Å². The summed E-state index contributed by atoms with van der Waals surface area (Å²) >= 11 is 0. The fourth-order valence-electron chi connectivity index (χ4n) is 4.81. The Kier molecular flexibility index (Phi) is 5.68. The fourth-order valence-corrected chi connectivity index (χ4v) is 7.90. The van der Waals surface area contributed by atoms with Gasteiger partial charge in [-0.2, -0.15) is 0 Å². The molecule has 3 aliphatic rings. The number of hydrogen-bond acceptors (Lipinski definition) is 7. The van der Waals surface area contributed by atoms with Crippen LogP contribution in [0.15, 0.2) is 0 Å². The third kappa shape index (κ3) is 2.51. The number of ether oxygens (including phenoxy) is 4. The van der Waals surface area contributed by atoms with Gasteiger partial charge in [-0.1, -0.05) is 0 Å². The smallest absolute Gasteiger partial charge is 0.375 e. The molecule has 8 heteroatoms. The highest BCUT2D eigenvalue weighted by molar-refractivity contribution is 6.64. The first-order chi connectivity index (χ1) is 11.6. The van der Waals surface area contributed by atoms with Crippen molar-refractivity contribution in [3.8, 4) is 0 Å². The van der Waals surface area contributed by atoms with Gasteiger partial charge in [0.05, 0.1) is 6.10 Å². The van der Waals surface area contributed by atoms with Gasteiger partial charge < -0.3 is 32.2 Å². The van der Waals surface area contributed by atoms with Crippen molar-refractivity contribution in [2.75, 3.05) is 41.7 Å². The molecule has 0 N–H and O–H groups in total. The van der Waals surface area contributed by atoms with Gasteiger partial charge in [-0.05, 0) is 32.1 Å². The molecule has 3 heterocycles. The van der Waals surface area contributed by atoms with E-state index in [0.717, 1.165) is 38.7 Å². The lowest BCUT2D eigenvalue weighted by atomic mass is 9.83. The van der Waals surface area contributed by atoms with Gasteiger partial charge in [-0.15, -0.1) is 0 Å². The third-order valence-corrected chi connectivity index (χ3v) is 9.21. The largest absolute Gasteiger partial charge is 0.537 e. The summed E-state index contributed by atoms with van der Waals surface area (Å²) in [6.07, 6.45) is 4.88. The molecule has 4 unspecified atom stereocenters. The van der Waals surface area contributed by atoms with E-state index in [4.69, 9.17) is 32.2 Å². The van der Waals surface area contributed by atoms with Crippen LogP contribution in [0.25, 0.3) is 0 Å². The fraction of sp³-hybridized carbons (Fsp3) is 1.00. The summed E-state index contributed by atoms with van der Waals surface area (Å²) in [5, 5.41) is -0.829. The molecule has 0 spiro atoms. The molecule has 0 saturated carbocycles. The topological polar surface area (TPSA) is 64.6 Å². The number of hydrogen-bond donors (Lipinski definition) is 0. The van der Waals surface area contributed by atoms with Gasteiger partial charge in [0.15, 0.2) is 11.5 Å². The van der Waals surface area contributed by atoms with Crippen LogP contribution in [0.4, 0.5) is 0 Å². The Morgan fingerprint density at radius 1 is 0.917 bits per heavy atom. The van der Waals surface area contributed by atoms with Gasteiger partial charge in [0.25, 0.3) is 0 Å². The molecule has 3 saturated heterocycles. The van der Waals surface area contributed by atoms with Crippen molar-refractivity contribution >= 4 is 8.80 Å². The highest BCUT2D eigenvalue weighted by Crippen LogP contribution is 2.55. The van der Waals surface area contributed by atoms with Crippen molar-refractivity contribution in [2.24, 2.45) is 0 Å². The molecule has 4 atom stereocenters. The summed E-state index contributed by atoms with van der Waals surface area (Å²) in [6, 6.07) is 0. The second-order valence-electron chi connectivity index (χ2n) is 6.66. The highest BCUT2D eigenvalue weighted by Gasteiger charge is 2.77. The van der Waals surface area contributed by atoms with E-state index in [2.05, 4.69) is 0 Å². The lowest BCUT2D eigenvalue weighted by molar-refractivity contribution is -0.243. The van der Waals surface area contributed by atoms with Gasteiger partial charge in [0.2, 0.25) is 0 Å². The van der Waals surface area contributed by atoms with Crippen LogP contribution in [0, 0.1) is 0 Å². The van der Waals surface area contributed by atoms with Crippen LogP contribution < -0.4 is 0 Å². The first kappa shape index (κ1) is 18.7. The average molecular weight is 362 g/mol.